The van der Waals surface area contributed by atoms with E-state index in [0.29, 0.717) is 19.7 Å². The molecule has 2 N–H and O–H groups in total. The van der Waals surface area contributed by atoms with Crippen LogP contribution < -0.4 is 4.72 Å². The molecule has 3 heterocycles. The first kappa shape index (κ1) is 23.8. The molecule has 1 aromatic heterocycles. The molecular formula is C23H35N3O5S. The fourth-order valence-corrected chi connectivity index (χ4v) is 5.85. The first-order valence-electron chi connectivity index (χ1n) is 11.6. The number of carbonyl (C=O) groups is 1. The highest BCUT2D eigenvalue weighted by Crippen LogP contribution is 2.52. The molecule has 0 aromatic carbocycles. The third kappa shape index (κ3) is 5.07. The van der Waals surface area contributed by atoms with Crippen molar-refractivity contribution < 1.29 is 23.9 Å². The monoisotopic (exact) mass is 465 g/mol. The van der Waals surface area contributed by atoms with Crippen LogP contribution in [0.15, 0.2) is 12.1 Å². The maximum Gasteiger partial charge on any atom is 0.407 e. The second-order valence-corrected chi connectivity index (χ2v) is 12.2. The normalized spacial score (nSPS) is 26.2. The predicted molar refractivity (Wildman–Crippen MR) is 121 cm³/mol. The Labute approximate surface area is 193 Å². The van der Waals surface area contributed by atoms with Crippen LogP contribution in [0.1, 0.15) is 75.9 Å². The smallest absolute Gasteiger partial charge is 0.407 e. The van der Waals surface area contributed by atoms with Gasteiger partial charge in [-0.1, -0.05) is 6.07 Å². The molecule has 2 saturated heterocycles. The largest absolute Gasteiger partial charge is 0.598 e. The van der Waals surface area contributed by atoms with Gasteiger partial charge in [0.25, 0.3) is 0 Å². The standard InChI is InChI=1S/C23H35N3O5S/c1-22(2,3)32(29)25-20-17-8-7-16(15-31-19-6-4-5-13-30-19)24-18(17)14-23(20)9-11-26(12-10-23)21(27)28/h7-8,19-20,25H,4-6,9-15H2,1-3H3,(H,27,28)/t19-,20-,32-/m1/s1. The zero-order valence-electron chi connectivity index (χ0n) is 19.3. The summed E-state index contributed by atoms with van der Waals surface area (Å²) < 4.78 is 27.6. The number of likely N-dealkylation sites (tertiary alicyclic amines) is 1. The van der Waals surface area contributed by atoms with E-state index in [-0.39, 0.29) is 17.7 Å². The van der Waals surface area contributed by atoms with Gasteiger partial charge in [-0.2, -0.15) is 0 Å². The van der Waals surface area contributed by atoms with Crippen LogP contribution in [0, 0.1) is 5.41 Å². The van der Waals surface area contributed by atoms with E-state index in [1.807, 2.05) is 26.8 Å². The number of pyridine rings is 1. The molecule has 2 fully saturated rings. The minimum atomic E-state index is -1.24. The number of piperidine rings is 1. The highest BCUT2D eigenvalue weighted by atomic mass is 32.2. The van der Waals surface area contributed by atoms with Gasteiger partial charge < -0.3 is 24.0 Å². The fraction of sp³-hybridized carbons (Fsp3) is 0.739. The van der Waals surface area contributed by atoms with Crippen LogP contribution in [0.3, 0.4) is 0 Å². The van der Waals surface area contributed by atoms with E-state index in [0.717, 1.165) is 62.1 Å². The summed E-state index contributed by atoms with van der Waals surface area (Å²) in [5.41, 5.74) is 2.76. The van der Waals surface area contributed by atoms with E-state index < -0.39 is 22.2 Å². The topological polar surface area (TPSA) is 107 Å². The molecule has 0 radical (unpaired) electrons. The Bertz CT molecular complexity index is 816. The average molecular weight is 466 g/mol. The van der Waals surface area contributed by atoms with Gasteiger partial charge in [0.1, 0.15) is 4.75 Å². The summed E-state index contributed by atoms with van der Waals surface area (Å²) in [6, 6.07) is 3.96. The molecular weight excluding hydrogens is 430 g/mol. The van der Waals surface area contributed by atoms with Crippen molar-refractivity contribution in [3.8, 4) is 0 Å². The van der Waals surface area contributed by atoms with Crippen molar-refractivity contribution in [2.24, 2.45) is 5.41 Å². The predicted octanol–water partition coefficient (Wildman–Crippen LogP) is 3.53. The highest BCUT2D eigenvalue weighted by Gasteiger charge is 2.51. The lowest BCUT2D eigenvalue weighted by Crippen LogP contribution is -2.50. The van der Waals surface area contributed by atoms with Gasteiger partial charge >= 0.3 is 6.09 Å². The Morgan fingerprint density at radius 3 is 2.75 bits per heavy atom. The van der Waals surface area contributed by atoms with E-state index in [1.165, 1.54) is 4.90 Å². The minimum Gasteiger partial charge on any atom is -0.598 e. The summed E-state index contributed by atoms with van der Waals surface area (Å²) in [5.74, 6) is 0. The Kier molecular flexibility index (Phi) is 7.03. The van der Waals surface area contributed by atoms with Crippen molar-refractivity contribution in [3.63, 3.8) is 0 Å². The second kappa shape index (κ2) is 9.46. The fourth-order valence-electron chi connectivity index (χ4n) is 4.91. The Balaban J connectivity index is 1.53. The Hall–Kier alpha value is -1.39. The Morgan fingerprint density at radius 1 is 1.38 bits per heavy atom. The van der Waals surface area contributed by atoms with Crippen LogP contribution in [-0.2, 0) is 33.9 Å². The molecule has 3 atom stereocenters. The van der Waals surface area contributed by atoms with E-state index >= 15 is 0 Å². The molecule has 0 saturated carbocycles. The van der Waals surface area contributed by atoms with Gasteiger partial charge in [-0.25, -0.2) is 4.79 Å². The number of rotatable bonds is 5. The first-order valence-corrected chi connectivity index (χ1v) is 12.7. The summed E-state index contributed by atoms with van der Waals surface area (Å²) in [5, 5.41) is 9.39. The molecule has 1 aliphatic carbocycles. The van der Waals surface area contributed by atoms with Crippen molar-refractivity contribution in [1.29, 1.82) is 0 Å². The lowest BCUT2D eigenvalue weighted by molar-refractivity contribution is -0.169. The average Bonchev–Trinajstić information content (AvgIpc) is 3.04. The quantitative estimate of drug-likeness (QED) is 0.641. The molecule has 4 rings (SSSR count). The molecule has 1 amide bonds. The van der Waals surface area contributed by atoms with E-state index in [9.17, 15) is 14.5 Å². The summed E-state index contributed by atoms with van der Waals surface area (Å²) >= 11 is -1.24. The minimum absolute atomic E-state index is 0.113. The molecule has 3 aliphatic rings. The molecule has 9 heteroatoms. The summed E-state index contributed by atoms with van der Waals surface area (Å²) in [7, 11) is 0. The van der Waals surface area contributed by atoms with Crippen molar-refractivity contribution in [1.82, 2.24) is 14.6 Å². The number of nitrogens with one attached hydrogen (secondary N) is 1. The van der Waals surface area contributed by atoms with Crippen LogP contribution >= 0.6 is 0 Å². The number of carboxylic acid groups (broad SMARTS) is 1. The zero-order chi connectivity index (χ0) is 22.9. The molecule has 1 spiro atoms. The third-order valence-corrected chi connectivity index (χ3v) is 8.44. The van der Waals surface area contributed by atoms with Crippen LogP contribution in [0.2, 0.25) is 0 Å². The summed E-state index contributed by atoms with van der Waals surface area (Å²) in [6.07, 6.45) is 4.28. The molecule has 178 valence electrons. The SMILES string of the molecule is CC(C)(C)[S@@+]([O-])N[C@@H]1c2ccc(CO[C@@H]3CCCCO3)nc2CC12CCN(C(=O)O)CC2. The summed E-state index contributed by atoms with van der Waals surface area (Å²) in [4.78, 5) is 17.8. The van der Waals surface area contributed by atoms with Crippen LogP contribution in [0.25, 0.3) is 0 Å². The number of nitrogens with zero attached hydrogens (tertiary/aromatic N) is 2. The molecule has 2 aliphatic heterocycles. The first-order chi connectivity index (χ1) is 15.2. The highest BCUT2D eigenvalue weighted by molar-refractivity contribution is 7.90. The lowest BCUT2D eigenvalue weighted by Gasteiger charge is -2.42. The van der Waals surface area contributed by atoms with Gasteiger partial charge in [-0.3, -0.25) is 4.98 Å². The van der Waals surface area contributed by atoms with Gasteiger partial charge in [0.05, 0.1) is 18.3 Å². The number of hydrogen-bond donors (Lipinski definition) is 2. The molecule has 0 unspecified atom stereocenters. The maximum absolute atomic E-state index is 13.0. The summed E-state index contributed by atoms with van der Waals surface area (Å²) in [6.45, 7) is 7.99. The molecule has 1 aromatic rings. The number of ether oxygens (including phenoxy) is 2. The van der Waals surface area contributed by atoms with E-state index in [4.69, 9.17) is 14.5 Å². The van der Waals surface area contributed by atoms with E-state index in [2.05, 4.69) is 10.8 Å². The van der Waals surface area contributed by atoms with Gasteiger partial charge in [0.2, 0.25) is 0 Å². The number of aromatic nitrogens is 1. The number of fused-ring (bicyclic) bond motifs is 1. The maximum atomic E-state index is 13.0. The van der Waals surface area contributed by atoms with Crippen molar-refractivity contribution in [2.45, 2.75) is 83.0 Å². The van der Waals surface area contributed by atoms with Gasteiger partial charge in [0, 0.05) is 42.2 Å². The number of amides is 1. The second-order valence-electron chi connectivity index (χ2n) is 10.2. The van der Waals surface area contributed by atoms with Crippen molar-refractivity contribution in [3.05, 3.63) is 29.1 Å². The Morgan fingerprint density at radius 2 is 2.12 bits per heavy atom. The van der Waals surface area contributed by atoms with Crippen molar-refractivity contribution in [2.75, 3.05) is 19.7 Å². The number of hydrogen-bond acceptors (Lipinski definition) is 6. The zero-order valence-corrected chi connectivity index (χ0v) is 20.1. The molecule has 8 nitrogen and oxygen atoms in total. The van der Waals surface area contributed by atoms with Gasteiger partial charge in [-0.15, -0.1) is 4.72 Å². The molecule has 0 bridgehead atoms. The van der Waals surface area contributed by atoms with Gasteiger partial charge in [0.15, 0.2) is 6.29 Å². The van der Waals surface area contributed by atoms with Crippen molar-refractivity contribution >= 4 is 17.5 Å². The molecule has 32 heavy (non-hydrogen) atoms. The lowest BCUT2D eigenvalue weighted by atomic mass is 9.73. The van der Waals surface area contributed by atoms with Gasteiger partial charge in [-0.05, 0) is 70.9 Å². The third-order valence-electron chi connectivity index (χ3n) is 6.88. The van der Waals surface area contributed by atoms with Crippen LogP contribution in [0.4, 0.5) is 4.79 Å². The van der Waals surface area contributed by atoms with Crippen LogP contribution in [0.5, 0.6) is 0 Å². The van der Waals surface area contributed by atoms with E-state index in [1.54, 1.807) is 0 Å². The van der Waals surface area contributed by atoms with Crippen LogP contribution in [-0.4, -0.2) is 56.4 Å².